The lowest BCUT2D eigenvalue weighted by Crippen LogP contribution is -2.40. The molecule has 2 aliphatic rings. The summed E-state index contributed by atoms with van der Waals surface area (Å²) in [6.07, 6.45) is 9.37. The van der Waals surface area contributed by atoms with Gasteiger partial charge in [0.25, 0.3) is 5.91 Å². The van der Waals surface area contributed by atoms with E-state index in [-0.39, 0.29) is 11.9 Å². The normalized spacial score (nSPS) is 18.9. The Bertz CT molecular complexity index is 1050. The van der Waals surface area contributed by atoms with Gasteiger partial charge in [-0.25, -0.2) is 9.97 Å². The molecule has 0 N–H and O–H groups in total. The summed E-state index contributed by atoms with van der Waals surface area (Å²) in [5, 5.41) is 8.40. The molecule has 1 aliphatic heterocycles. The molecule has 1 atom stereocenters. The van der Waals surface area contributed by atoms with Crippen LogP contribution in [-0.2, 0) is 12.8 Å². The van der Waals surface area contributed by atoms with Crippen LogP contribution < -0.4 is 4.90 Å². The number of benzene rings is 1. The number of nitrogens with zero attached hydrogens (tertiary/aromatic N) is 7. The predicted molar refractivity (Wildman–Crippen MR) is 113 cm³/mol. The van der Waals surface area contributed by atoms with Crippen molar-refractivity contribution < 1.29 is 4.79 Å². The Kier molecular flexibility index (Phi) is 4.90. The molecule has 0 spiro atoms. The SMILES string of the molecule is C[C@H]1CCN(c2ncc3c(n2)CCC3)CCN1C(=O)c1ccccc1-n1nccn1. The molecule has 3 aromatic rings. The standard InChI is InChI=1S/C22H25N7O/c1-16-9-12-27(22-23-15-17-5-4-7-19(17)26-22)13-14-28(16)21(30)18-6-2-3-8-20(18)29-24-10-11-25-29/h2-3,6,8,10-11,15-16H,4-5,7,9,12-14H2,1H3/t16-/m0/s1. The second-order valence-corrected chi connectivity index (χ2v) is 7.95. The smallest absolute Gasteiger partial charge is 0.256 e. The Balaban J connectivity index is 1.37. The van der Waals surface area contributed by atoms with Gasteiger partial charge in [-0.3, -0.25) is 4.79 Å². The zero-order chi connectivity index (χ0) is 20.5. The molecule has 8 nitrogen and oxygen atoms in total. The third kappa shape index (κ3) is 3.42. The number of aromatic nitrogens is 5. The summed E-state index contributed by atoms with van der Waals surface area (Å²) in [5.74, 6) is 0.797. The average Bonchev–Trinajstić information content (AvgIpc) is 3.43. The minimum Gasteiger partial charge on any atom is -0.339 e. The summed E-state index contributed by atoms with van der Waals surface area (Å²) in [5.41, 5.74) is 3.78. The first kappa shape index (κ1) is 18.7. The molecule has 30 heavy (non-hydrogen) atoms. The molecule has 1 aromatic carbocycles. The minimum absolute atomic E-state index is 0.00659. The van der Waals surface area contributed by atoms with Gasteiger partial charge in [0, 0.05) is 37.6 Å². The van der Waals surface area contributed by atoms with Crippen molar-refractivity contribution in [1.82, 2.24) is 29.9 Å². The number of hydrogen-bond donors (Lipinski definition) is 0. The topological polar surface area (TPSA) is 80.0 Å². The van der Waals surface area contributed by atoms with E-state index in [0.717, 1.165) is 44.7 Å². The molecule has 1 aliphatic carbocycles. The van der Waals surface area contributed by atoms with Gasteiger partial charge in [-0.15, -0.1) is 0 Å². The van der Waals surface area contributed by atoms with Crippen LogP contribution in [0.1, 0.15) is 41.4 Å². The maximum absolute atomic E-state index is 13.5. The lowest BCUT2D eigenvalue weighted by Gasteiger charge is -2.27. The van der Waals surface area contributed by atoms with E-state index in [2.05, 4.69) is 27.0 Å². The van der Waals surface area contributed by atoms with E-state index in [0.29, 0.717) is 17.8 Å². The molecule has 154 valence electrons. The molecule has 0 unspecified atom stereocenters. The Morgan fingerprint density at radius 2 is 1.90 bits per heavy atom. The van der Waals surface area contributed by atoms with E-state index in [1.54, 1.807) is 12.4 Å². The summed E-state index contributed by atoms with van der Waals surface area (Å²) in [7, 11) is 0. The Labute approximate surface area is 175 Å². The van der Waals surface area contributed by atoms with E-state index in [1.165, 1.54) is 16.1 Å². The van der Waals surface area contributed by atoms with E-state index >= 15 is 0 Å². The summed E-state index contributed by atoms with van der Waals surface area (Å²) < 4.78 is 0. The number of carbonyl (C=O) groups is 1. The molecular formula is C22H25N7O. The highest BCUT2D eigenvalue weighted by Crippen LogP contribution is 2.24. The molecule has 3 heterocycles. The minimum atomic E-state index is 0.00659. The van der Waals surface area contributed by atoms with Crippen molar-refractivity contribution in [3.63, 3.8) is 0 Å². The predicted octanol–water partition coefficient (Wildman–Crippen LogP) is 2.29. The molecule has 0 bridgehead atoms. The highest BCUT2D eigenvalue weighted by Gasteiger charge is 2.28. The quantitative estimate of drug-likeness (QED) is 0.668. The molecule has 2 aromatic heterocycles. The third-order valence-electron chi connectivity index (χ3n) is 6.07. The first-order chi connectivity index (χ1) is 14.7. The van der Waals surface area contributed by atoms with Crippen LogP contribution in [-0.4, -0.2) is 61.4 Å². The average molecular weight is 403 g/mol. The number of rotatable bonds is 3. The molecule has 8 heteroatoms. The van der Waals surface area contributed by atoms with Crippen LogP contribution in [0.4, 0.5) is 5.95 Å². The van der Waals surface area contributed by atoms with Gasteiger partial charge in [-0.05, 0) is 50.3 Å². The molecule has 1 saturated heterocycles. The van der Waals surface area contributed by atoms with Crippen LogP contribution in [0.15, 0.2) is 42.9 Å². The molecular weight excluding hydrogens is 378 g/mol. The summed E-state index contributed by atoms with van der Waals surface area (Å²) in [6, 6.07) is 7.62. The lowest BCUT2D eigenvalue weighted by molar-refractivity contribution is 0.0705. The van der Waals surface area contributed by atoms with Crippen molar-refractivity contribution in [2.24, 2.45) is 0 Å². The highest BCUT2D eigenvalue weighted by atomic mass is 16.2. The van der Waals surface area contributed by atoms with Crippen LogP contribution in [0.5, 0.6) is 0 Å². The number of aryl methyl sites for hydroxylation is 2. The number of para-hydroxylation sites is 1. The van der Waals surface area contributed by atoms with Crippen LogP contribution in [0.3, 0.4) is 0 Å². The molecule has 1 amide bonds. The van der Waals surface area contributed by atoms with E-state index in [4.69, 9.17) is 4.98 Å². The van der Waals surface area contributed by atoms with Crippen molar-refractivity contribution in [2.75, 3.05) is 24.5 Å². The van der Waals surface area contributed by atoms with Crippen molar-refractivity contribution >= 4 is 11.9 Å². The van der Waals surface area contributed by atoms with Gasteiger partial charge >= 0.3 is 0 Å². The molecule has 5 rings (SSSR count). The van der Waals surface area contributed by atoms with Crippen LogP contribution in [0.2, 0.25) is 0 Å². The molecule has 0 saturated carbocycles. The fourth-order valence-electron chi connectivity index (χ4n) is 4.34. The van der Waals surface area contributed by atoms with Crippen molar-refractivity contribution in [3.05, 3.63) is 59.7 Å². The Hall–Kier alpha value is -3.29. The van der Waals surface area contributed by atoms with Crippen LogP contribution in [0, 0.1) is 0 Å². The van der Waals surface area contributed by atoms with Gasteiger partial charge < -0.3 is 9.80 Å². The molecule has 0 radical (unpaired) electrons. The number of anilines is 1. The van der Waals surface area contributed by atoms with Gasteiger partial charge in [-0.2, -0.15) is 15.0 Å². The van der Waals surface area contributed by atoms with E-state index in [9.17, 15) is 4.79 Å². The summed E-state index contributed by atoms with van der Waals surface area (Å²) >= 11 is 0. The number of fused-ring (bicyclic) bond motifs is 1. The molecule has 1 fully saturated rings. The summed E-state index contributed by atoms with van der Waals surface area (Å²) in [4.78, 5) is 28.6. The van der Waals surface area contributed by atoms with Crippen LogP contribution >= 0.6 is 0 Å². The van der Waals surface area contributed by atoms with Crippen molar-refractivity contribution in [1.29, 1.82) is 0 Å². The zero-order valence-electron chi connectivity index (χ0n) is 17.1. The summed E-state index contributed by atoms with van der Waals surface area (Å²) in [6.45, 7) is 4.30. The second kappa shape index (κ2) is 7.85. The van der Waals surface area contributed by atoms with Crippen LogP contribution in [0.25, 0.3) is 5.69 Å². The maximum atomic E-state index is 13.5. The first-order valence-corrected chi connectivity index (χ1v) is 10.6. The maximum Gasteiger partial charge on any atom is 0.256 e. The van der Waals surface area contributed by atoms with Gasteiger partial charge in [-0.1, -0.05) is 12.1 Å². The fourth-order valence-corrected chi connectivity index (χ4v) is 4.34. The van der Waals surface area contributed by atoms with Crippen molar-refractivity contribution in [3.8, 4) is 5.69 Å². The number of amides is 1. The third-order valence-corrected chi connectivity index (χ3v) is 6.07. The Morgan fingerprint density at radius 3 is 2.77 bits per heavy atom. The number of hydrogen-bond acceptors (Lipinski definition) is 6. The largest absolute Gasteiger partial charge is 0.339 e. The zero-order valence-corrected chi connectivity index (χ0v) is 17.1. The van der Waals surface area contributed by atoms with Gasteiger partial charge in [0.1, 0.15) is 0 Å². The Morgan fingerprint density at radius 1 is 1.07 bits per heavy atom. The van der Waals surface area contributed by atoms with Gasteiger partial charge in [0.05, 0.1) is 23.6 Å². The highest BCUT2D eigenvalue weighted by molar-refractivity contribution is 5.98. The van der Waals surface area contributed by atoms with Gasteiger partial charge in [0.15, 0.2) is 0 Å². The lowest BCUT2D eigenvalue weighted by atomic mass is 10.1. The van der Waals surface area contributed by atoms with Crippen molar-refractivity contribution in [2.45, 2.75) is 38.6 Å². The second-order valence-electron chi connectivity index (χ2n) is 7.95. The van der Waals surface area contributed by atoms with E-state index in [1.807, 2.05) is 35.4 Å². The van der Waals surface area contributed by atoms with E-state index < -0.39 is 0 Å². The fraction of sp³-hybridized carbons (Fsp3) is 0.409. The number of carbonyl (C=O) groups excluding carboxylic acids is 1. The monoisotopic (exact) mass is 403 g/mol. The van der Waals surface area contributed by atoms with Gasteiger partial charge in [0.2, 0.25) is 5.95 Å². The first-order valence-electron chi connectivity index (χ1n) is 10.6.